The van der Waals surface area contributed by atoms with Crippen molar-refractivity contribution in [2.75, 3.05) is 13.7 Å². The van der Waals surface area contributed by atoms with Gasteiger partial charge in [0.05, 0.1) is 13.5 Å². The van der Waals surface area contributed by atoms with Gasteiger partial charge in [0.1, 0.15) is 11.8 Å². The summed E-state index contributed by atoms with van der Waals surface area (Å²) in [6.07, 6.45) is 0.816. The van der Waals surface area contributed by atoms with Gasteiger partial charge >= 0.3 is 0 Å². The van der Waals surface area contributed by atoms with Crippen LogP contribution in [-0.4, -0.2) is 36.4 Å². The van der Waals surface area contributed by atoms with E-state index in [1.54, 1.807) is 12.0 Å². The fourth-order valence-electron chi connectivity index (χ4n) is 3.28. The number of nitrogens with one attached hydrogen (secondary N) is 1. The highest BCUT2D eigenvalue weighted by Crippen LogP contribution is 2.18. The molecule has 0 saturated carbocycles. The number of amides is 2. The Morgan fingerprint density at radius 2 is 1.79 bits per heavy atom. The van der Waals surface area contributed by atoms with Gasteiger partial charge in [-0.1, -0.05) is 48.9 Å². The minimum absolute atomic E-state index is 0.0634. The van der Waals surface area contributed by atoms with Crippen molar-refractivity contribution in [2.45, 2.75) is 46.2 Å². The summed E-state index contributed by atoms with van der Waals surface area (Å²) in [4.78, 5) is 27.5. The van der Waals surface area contributed by atoms with Crippen molar-refractivity contribution >= 4 is 11.8 Å². The average molecular weight is 383 g/mol. The minimum Gasteiger partial charge on any atom is -0.497 e. The minimum atomic E-state index is -0.511. The maximum atomic E-state index is 13.2. The third kappa shape index (κ3) is 5.84. The van der Waals surface area contributed by atoms with E-state index in [9.17, 15) is 9.59 Å². The second-order valence-electron chi connectivity index (χ2n) is 6.86. The molecule has 0 aliphatic rings. The van der Waals surface area contributed by atoms with E-state index in [4.69, 9.17) is 4.74 Å². The van der Waals surface area contributed by atoms with Gasteiger partial charge in [-0.05, 0) is 43.5 Å². The number of benzene rings is 2. The highest BCUT2D eigenvalue weighted by atomic mass is 16.5. The van der Waals surface area contributed by atoms with Gasteiger partial charge in [0.2, 0.25) is 11.8 Å². The number of carbonyl (C=O) groups excluding carboxylic acids is 2. The zero-order valence-corrected chi connectivity index (χ0v) is 17.2. The first-order chi connectivity index (χ1) is 13.5. The Morgan fingerprint density at radius 3 is 2.43 bits per heavy atom. The van der Waals surface area contributed by atoms with Crippen LogP contribution in [0.25, 0.3) is 0 Å². The van der Waals surface area contributed by atoms with Gasteiger partial charge in [0, 0.05) is 13.1 Å². The summed E-state index contributed by atoms with van der Waals surface area (Å²) >= 11 is 0. The number of rotatable bonds is 9. The zero-order valence-electron chi connectivity index (χ0n) is 17.2. The van der Waals surface area contributed by atoms with E-state index < -0.39 is 6.04 Å². The lowest BCUT2D eigenvalue weighted by Crippen LogP contribution is -2.49. The van der Waals surface area contributed by atoms with Crippen LogP contribution >= 0.6 is 0 Å². The molecule has 0 spiro atoms. The first kappa shape index (κ1) is 21.5. The maximum Gasteiger partial charge on any atom is 0.242 e. The fraction of sp³-hybridized carbons (Fsp3) is 0.391. The third-order valence-electron chi connectivity index (χ3n) is 4.66. The molecule has 0 unspecified atom stereocenters. The Bertz CT molecular complexity index is 804. The van der Waals surface area contributed by atoms with E-state index in [0.29, 0.717) is 19.5 Å². The second-order valence-corrected chi connectivity index (χ2v) is 6.86. The topological polar surface area (TPSA) is 58.6 Å². The molecule has 0 saturated heterocycles. The van der Waals surface area contributed by atoms with Crippen LogP contribution in [0.5, 0.6) is 5.75 Å². The van der Waals surface area contributed by atoms with Crippen LogP contribution in [0, 0.1) is 6.92 Å². The van der Waals surface area contributed by atoms with Crippen molar-refractivity contribution in [1.29, 1.82) is 0 Å². The van der Waals surface area contributed by atoms with Crippen molar-refractivity contribution < 1.29 is 14.3 Å². The SMILES string of the molecule is CCNC(=O)[C@@H](CC)N(Cc1cccc(OC)c1)C(=O)Cc1cccc(C)c1. The molecule has 5 nitrogen and oxygen atoms in total. The quantitative estimate of drug-likeness (QED) is 0.722. The van der Waals surface area contributed by atoms with Crippen molar-refractivity contribution in [3.8, 4) is 5.75 Å². The maximum absolute atomic E-state index is 13.2. The van der Waals surface area contributed by atoms with Crippen LogP contribution in [0.15, 0.2) is 48.5 Å². The second kappa shape index (κ2) is 10.5. The number of likely N-dealkylation sites (N-methyl/N-ethyl adjacent to an activating group) is 1. The first-order valence-corrected chi connectivity index (χ1v) is 9.74. The molecule has 0 radical (unpaired) electrons. The number of aryl methyl sites for hydroxylation is 1. The Hall–Kier alpha value is -2.82. The van der Waals surface area contributed by atoms with E-state index in [-0.39, 0.29) is 18.2 Å². The Labute approximate surface area is 167 Å². The lowest BCUT2D eigenvalue weighted by molar-refractivity contribution is -0.140. The van der Waals surface area contributed by atoms with Crippen molar-refractivity contribution in [3.63, 3.8) is 0 Å². The van der Waals surface area contributed by atoms with Crippen LogP contribution in [0.4, 0.5) is 0 Å². The average Bonchev–Trinajstić information content (AvgIpc) is 2.68. The Balaban J connectivity index is 2.30. The van der Waals surface area contributed by atoms with E-state index in [1.165, 1.54) is 0 Å². The smallest absolute Gasteiger partial charge is 0.242 e. The largest absolute Gasteiger partial charge is 0.497 e. The third-order valence-corrected chi connectivity index (χ3v) is 4.66. The van der Waals surface area contributed by atoms with Crippen LogP contribution in [-0.2, 0) is 22.6 Å². The van der Waals surface area contributed by atoms with Crippen molar-refractivity contribution in [3.05, 3.63) is 65.2 Å². The molecule has 2 aromatic rings. The van der Waals surface area contributed by atoms with Crippen molar-refractivity contribution in [1.82, 2.24) is 10.2 Å². The molecule has 1 atom stereocenters. The van der Waals surface area contributed by atoms with E-state index in [1.807, 2.05) is 69.3 Å². The highest BCUT2D eigenvalue weighted by molar-refractivity contribution is 5.88. The summed E-state index contributed by atoms with van der Waals surface area (Å²) in [5, 5.41) is 2.86. The van der Waals surface area contributed by atoms with Gasteiger partial charge in [-0.3, -0.25) is 9.59 Å². The summed E-state index contributed by atoms with van der Waals surface area (Å²) in [5.74, 6) is 0.548. The van der Waals surface area contributed by atoms with Crippen molar-refractivity contribution in [2.24, 2.45) is 0 Å². The molecular weight excluding hydrogens is 352 g/mol. The van der Waals surface area contributed by atoms with Gasteiger partial charge < -0.3 is 15.0 Å². The summed E-state index contributed by atoms with van der Waals surface area (Å²) in [6.45, 7) is 6.71. The summed E-state index contributed by atoms with van der Waals surface area (Å²) < 4.78 is 5.30. The van der Waals surface area contributed by atoms with Crippen LogP contribution < -0.4 is 10.1 Å². The molecular formula is C23H30N2O3. The lowest BCUT2D eigenvalue weighted by atomic mass is 10.1. The molecule has 0 fully saturated rings. The molecule has 2 rings (SSSR count). The van der Waals surface area contributed by atoms with E-state index in [0.717, 1.165) is 22.4 Å². The molecule has 0 heterocycles. The number of nitrogens with zero attached hydrogens (tertiary/aromatic N) is 1. The number of ether oxygens (including phenoxy) is 1. The normalized spacial score (nSPS) is 11.6. The molecule has 0 aliphatic carbocycles. The molecule has 2 amide bonds. The zero-order chi connectivity index (χ0) is 20.5. The molecule has 0 bridgehead atoms. The monoisotopic (exact) mass is 382 g/mol. The number of hydrogen-bond donors (Lipinski definition) is 1. The van der Waals surface area contributed by atoms with E-state index in [2.05, 4.69) is 5.32 Å². The van der Waals surface area contributed by atoms with Crippen LogP contribution in [0.3, 0.4) is 0 Å². The Kier molecular flexibility index (Phi) is 8.05. The van der Waals surface area contributed by atoms with Gasteiger partial charge in [-0.15, -0.1) is 0 Å². The van der Waals surface area contributed by atoms with Gasteiger partial charge in [-0.25, -0.2) is 0 Å². The molecule has 0 aliphatic heterocycles. The molecule has 28 heavy (non-hydrogen) atoms. The molecule has 1 N–H and O–H groups in total. The molecule has 2 aromatic carbocycles. The molecule has 150 valence electrons. The van der Waals surface area contributed by atoms with E-state index >= 15 is 0 Å². The summed E-state index contributed by atoms with van der Waals surface area (Å²) in [6, 6.07) is 15.0. The van der Waals surface area contributed by atoms with Gasteiger partial charge in [0.25, 0.3) is 0 Å². The fourth-order valence-corrected chi connectivity index (χ4v) is 3.28. The first-order valence-electron chi connectivity index (χ1n) is 9.74. The number of hydrogen-bond acceptors (Lipinski definition) is 3. The number of carbonyl (C=O) groups is 2. The lowest BCUT2D eigenvalue weighted by Gasteiger charge is -2.30. The molecule has 0 aromatic heterocycles. The predicted octanol–water partition coefficient (Wildman–Crippen LogP) is 3.49. The Morgan fingerprint density at radius 1 is 1.07 bits per heavy atom. The van der Waals surface area contributed by atoms with Gasteiger partial charge in [0.15, 0.2) is 0 Å². The highest BCUT2D eigenvalue weighted by Gasteiger charge is 2.28. The predicted molar refractivity (Wildman–Crippen MR) is 111 cm³/mol. The van der Waals surface area contributed by atoms with Crippen LogP contribution in [0.1, 0.15) is 37.0 Å². The van der Waals surface area contributed by atoms with Gasteiger partial charge in [-0.2, -0.15) is 0 Å². The number of methoxy groups -OCH3 is 1. The standard InChI is InChI=1S/C23H30N2O3/c1-5-21(23(27)24-6-2)25(16-19-11-8-12-20(14-19)28-4)22(26)15-18-10-7-9-17(3)13-18/h7-14,21H,5-6,15-16H2,1-4H3,(H,24,27)/t21-/m1/s1. The summed E-state index contributed by atoms with van der Waals surface area (Å²) in [7, 11) is 1.61. The van der Waals surface area contributed by atoms with Crippen LogP contribution in [0.2, 0.25) is 0 Å². The summed E-state index contributed by atoms with van der Waals surface area (Å²) in [5.41, 5.74) is 2.99. The molecule has 5 heteroatoms.